The minimum Gasteiger partial charge on any atom is -0.379 e. The highest BCUT2D eigenvalue weighted by molar-refractivity contribution is 6.30. The Morgan fingerprint density at radius 3 is 2.88 bits per heavy atom. The maximum Gasteiger partial charge on any atom is 0.254 e. The highest BCUT2D eigenvalue weighted by atomic mass is 35.5. The van der Waals surface area contributed by atoms with Crippen molar-refractivity contribution in [3.63, 3.8) is 0 Å². The number of amides is 1. The van der Waals surface area contributed by atoms with Gasteiger partial charge in [-0.25, -0.2) is 6.57 Å². The average molecular weight is 346 g/mol. The van der Waals surface area contributed by atoms with Gasteiger partial charge in [-0.1, -0.05) is 11.6 Å². The van der Waals surface area contributed by atoms with Gasteiger partial charge in [0.2, 0.25) is 6.04 Å². The molecule has 3 N–H and O–H groups in total. The summed E-state index contributed by atoms with van der Waals surface area (Å²) in [5.41, 5.74) is 6.45. The molecule has 1 saturated heterocycles. The topological polar surface area (TPSA) is 86.5 Å². The molecule has 0 bridgehead atoms. The van der Waals surface area contributed by atoms with E-state index in [2.05, 4.69) is 15.3 Å². The number of ether oxygens (including phenoxy) is 1. The first kappa shape index (κ1) is 16.3. The Labute approximate surface area is 144 Å². The van der Waals surface area contributed by atoms with Crippen LogP contribution in [0.5, 0.6) is 0 Å². The molecule has 1 amide bonds. The molecule has 24 heavy (non-hydrogen) atoms. The van der Waals surface area contributed by atoms with Gasteiger partial charge in [0, 0.05) is 23.3 Å². The molecule has 2 atom stereocenters. The Kier molecular flexibility index (Phi) is 4.69. The van der Waals surface area contributed by atoms with Gasteiger partial charge in [0.05, 0.1) is 13.2 Å². The van der Waals surface area contributed by atoms with E-state index in [1.165, 1.54) is 0 Å². The average Bonchev–Trinajstić information content (AvgIpc) is 3.01. The third-order valence-corrected chi connectivity index (χ3v) is 4.15. The summed E-state index contributed by atoms with van der Waals surface area (Å²) >= 11 is 5.87. The molecule has 1 aromatic carbocycles. The number of aromatic nitrogens is 2. The molecule has 0 spiro atoms. The van der Waals surface area contributed by atoms with Crippen LogP contribution in [0.3, 0.4) is 0 Å². The van der Waals surface area contributed by atoms with E-state index in [0.29, 0.717) is 30.5 Å². The van der Waals surface area contributed by atoms with Crippen molar-refractivity contribution in [2.45, 2.75) is 18.5 Å². The van der Waals surface area contributed by atoms with Crippen LogP contribution < -0.4 is 11.1 Å². The van der Waals surface area contributed by atoms with Gasteiger partial charge in [-0.2, -0.15) is 5.10 Å². The van der Waals surface area contributed by atoms with Gasteiger partial charge in [0.1, 0.15) is 11.6 Å². The van der Waals surface area contributed by atoms with Crippen LogP contribution in [0.1, 0.15) is 22.8 Å². The number of primary amides is 1. The van der Waals surface area contributed by atoms with Crippen LogP contribution in [0, 0.1) is 6.57 Å². The summed E-state index contributed by atoms with van der Waals surface area (Å²) in [6.07, 6.45) is 2.21. The third kappa shape index (κ3) is 3.35. The van der Waals surface area contributed by atoms with Crippen molar-refractivity contribution in [1.82, 2.24) is 9.78 Å². The van der Waals surface area contributed by atoms with Crippen molar-refractivity contribution in [2.24, 2.45) is 5.73 Å². The molecule has 8 heteroatoms. The Hall–Kier alpha value is -2.56. The second kappa shape index (κ2) is 6.91. The molecule has 1 fully saturated rings. The fourth-order valence-electron chi connectivity index (χ4n) is 2.62. The Morgan fingerprint density at radius 2 is 2.21 bits per heavy atom. The van der Waals surface area contributed by atoms with E-state index in [4.69, 9.17) is 28.6 Å². The zero-order chi connectivity index (χ0) is 17.1. The highest BCUT2D eigenvalue weighted by Crippen LogP contribution is 2.27. The molecule has 1 aliphatic heterocycles. The number of nitrogens with two attached hydrogens (primary N) is 1. The number of carbonyl (C=O) groups excluding carboxylic acids is 1. The smallest absolute Gasteiger partial charge is 0.254 e. The van der Waals surface area contributed by atoms with Crippen molar-refractivity contribution >= 4 is 29.0 Å². The standard InChI is InChI=1S/C16H16ClN5O2/c1-19-13-6-7-24-9-14(13)22-8-12(15(18)23)16(21-22)20-11-4-2-10(17)3-5-11/h2-5,8,13-14H,6-7,9H2,(H2,18,23)(H,20,21)/t13-,14-/m0/s1. The number of nitrogens with zero attached hydrogens (tertiary/aromatic N) is 3. The van der Waals surface area contributed by atoms with Crippen LogP contribution in [0.15, 0.2) is 30.5 Å². The van der Waals surface area contributed by atoms with E-state index in [9.17, 15) is 4.79 Å². The summed E-state index contributed by atoms with van der Waals surface area (Å²) in [5, 5.41) is 8.09. The van der Waals surface area contributed by atoms with Gasteiger partial charge in [-0.15, -0.1) is 0 Å². The molecular weight excluding hydrogens is 330 g/mol. The van der Waals surface area contributed by atoms with Crippen LogP contribution >= 0.6 is 11.6 Å². The molecule has 2 aromatic rings. The van der Waals surface area contributed by atoms with Gasteiger partial charge in [-0.3, -0.25) is 9.48 Å². The lowest BCUT2D eigenvalue weighted by atomic mass is 10.1. The van der Waals surface area contributed by atoms with E-state index < -0.39 is 5.91 Å². The summed E-state index contributed by atoms with van der Waals surface area (Å²) in [6, 6.07) is 6.54. The highest BCUT2D eigenvalue weighted by Gasteiger charge is 2.33. The summed E-state index contributed by atoms with van der Waals surface area (Å²) < 4.78 is 7.05. The van der Waals surface area contributed by atoms with Crippen molar-refractivity contribution in [3.05, 3.63) is 52.5 Å². The predicted octanol–water partition coefficient (Wildman–Crippen LogP) is 2.63. The fraction of sp³-hybridized carbons (Fsp3) is 0.312. The van der Waals surface area contributed by atoms with Gasteiger partial charge in [-0.05, 0) is 24.3 Å². The lowest BCUT2D eigenvalue weighted by Gasteiger charge is -2.23. The molecular formula is C16H16ClN5O2. The molecule has 3 rings (SSSR count). The molecule has 0 saturated carbocycles. The number of benzene rings is 1. The van der Waals surface area contributed by atoms with Crippen molar-refractivity contribution < 1.29 is 9.53 Å². The SMILES string of the molecule is [C-]#[N+][C@H]1CCOC[C@@H]1n1cc(C(N)=O)c(Nc2ccc(Cl)cc2)n1. The fourth-order valence-corrected chi connectivity index (χ4v) is 2.74. The van der Waals surface area contributed by atoms with E-state index in [1.807, 2.05) is 0 Å². The van der Waals surface area contributed by atoms with Gasteiger partial charge in [0.25, 0.3) is 5.91 Å². The second-order valence-corrected chi connectivity index (χ2v) is 5.93. The Bertz CT molecular complexity index is 781. The summed E-state index contributed by atoms with van der Waals surface area (Å²) in [4.78, 5) is 15.4. The molecule has 124 valence electrons. The maximum absolute atomic E-state index is 11.7. The molecule has 1 aliphatic rings. The molecule has 0 unspecified atom stereocenters. The second-order valence-electron chi connectivity index (χ2n) is 5.49. The minimum atomic E-state index is -0.589. The quantitative estimate of drug-likeness (QED) is 0.834. The molecule has 7 nitrogen and oxygen atoms in total. The van der Waals surface area contributed by atoms with E-state index in [1.54, 1.807) is 35.1 Å². The van der Waals surface area contributed by atoms with Crippen molar-refractivity contribution in [1.29, 1.82) is 0 Å². The molecule has 2 heterocycles. The van der Waals surface area contributed by atoms with Gasteiger partial charge >= 0.3 is 0 Å². The normalized spacial score (nSPS) is 20.3. The van der Waals surface area contributed by atoms with Gasteiger partial charge < -0.3 is 20.6 Å². The number of hydrogen-bond acceptors (Lipinski definition) is 4. The lowest BCUT2D eigenvalue weighted by Crippen LogP contribution is -2.32. The number of carbonyl (C=O) groups is 1. The van der Waals surface area contributed by atoms with Gasteiger partial charge in [0.15, 0.2) is 5.82 Å². The van der Waals surface area contributed by atoms with Crippen LogP contribution in [0.2, 0.25) is 5.02 Å². The first-order valence-electron chi connectivity index (χ1n) is 7.44. The summed E-state index contributed by atoms with van der Waals surface area (Å²) in [5.74, 6) is -0.243. The number of nitrogens with one attached hydrogen (secondary N) is 1. The summed E-state index contributed by atoms with van der Waals surface area (Å²) in [7, 11) is 0. The molecule has 0 radical (unpaired) electrons. The van der Waals surface area contributed by atoms with Crippen molar-refractivity contribution in [3.8, 4) is 0 Å². The van der Waals surface area contributed by atoms with Crippen LogP contribution in [0.25, 0.3) is 4.85 Å². The van der Waals surface area contributed by atoms with E-state index in [0.717, 1.165) is 5.69 Å². The summed E-state index contributed by atoms with van der Waals surface area (Å²) in [6.45, 7) is 8.27. The zero-order valence-corrected chi connectivity index (χ0v) is 13.5. The third-order valence-electron chi connectivity index (χ3n) is 3.90. The Morgan fingerprint density at radius 1 is 1.46 bits per heavy atom. The largest absolute Gasteiger partial charge is 0.379 e. The number of rotatable bonds is 4. The maximum atomic E-state index is 11.7. The lowest BCUT2D eigenvalue weighted by molar-refractivity contribution is 0.0506. The molecule has 1 aromatic heterocycles. The monoisotopic (exact) mass is 345 g/mol. The van der Waals surface area contributed by atoms with Crippen molar-refractivity contribution in [2.75, 3.05) is 18.5 Å². The van der Waals surface area contributed by atoms with Crippen LogP contribution in [-0.2, 0) is 4.74 Å². The Balaban J connectivity index is 1.91. The number of halogens is 1. The number of anilines is 2. The number of hydrogen-bond donors (Lipinski definition) is 2. The van der Waals surface area contributed by atoms with Crippen LogP contribution in [-0.4, -0.2) is 34.9 Å². The first-order chi connectivity index (χ1) is 11.6. The van der Waals surface area contributed by atoms with E-state index >= 15 is 0 Å². The van der Waals surface area contributed by atoms with E-state index in [-0.39, 0.29) is 17.6 Å². The minimum absolute atomic E-state index is 0.234. The predicted molar refractivity (Wildman–Crippen MR) is 90.3 cm³/mol. The zero-order valence-electron chi connectivity index (χ0n) is 12.8. The molecule has 0 aliphatic carbocycles. The first-order valence-corrected chi connectivity index (χ1v) is 7.82. The van der Waals surface area contributed by atoms with Crippen LogP contribution in [0.4, 0.5) is 11.5 Å².